The van der Waals surface area contributed by atoms with Crippen molar-refractivity contribution in [2.45, 2.75) is 0 Å². The number of nitro groups is 3. The fourth-order valence-corrected chi connectivity index (χ4v) is 0.641. The number of rotatable bonds is 3. The van der Waals surface area contributed by atoms with Crippen molar-refractivity contribution in [3.05, 3.63) is 30.3 Å². The maximum absolute atomic E-state index is 10.1. The summed E-state index contributed by atoms with van der Waals surface area (Å²) in [5, 5.41) is 30.3. The molecule has 1 aromatic rings. The molecule has 0 radical (unpaired) electrons. The molecule has 0 fully saturated rings. The molecule has 0 amide bonds. The highest BCUT2D eigenvalue weighted by Gasteiger charge is 2.28. The summed E-state index contributed by atoms with van der Waals surface area (Å²) in [6.45, 7) is 0. The highest BCUT2D eigenvalue weighted by Crippen LogP contribution is 2.24. The first-order valence-corrected chi connectivity index (χ1v) is 2.91. The number of aromatic nitrogens is 2. The summed E-state index contributed by atoms with van der Waals surface area (Å²) in [7, 11) is 0. The highest BCUT2D eigenvalue weighted by molar-refractivity contribution is 5.43. The van der Waals surface area contributed by atoms with Crippen molar-refractivity contribution in [1.82, 2.24) is 9.97 Å². The van der Waals surface area contributed by atoms with Crippen LogP contribution in [0.15, 0.2) is 0 Å². The predicted octanol–water partition coefficient (Wildman–Crippen LogP) is -0.237. The van der Waals surface area contributed by atoms with Gasteiger partial charge in [0.25, 0.3) is 0 Å². The molecule has 1 rings (SSSR count). The lowest BCUT2D eigenvalue weighted by Gasteiger charge is -1.93. The van der Waals surface area contributed by atoms with Crippen LogP contribution >= 0.6 is 0 Å². The van der Waals surface area contributed by atoms with Crippen molar-refractivity contribution in [2.24, 2.45) is 0 Å². The van der Waals surface area contributed by atoms with Gasteiger partial charge < -0.3 is 30.3 Å². The minimum atomic E-state index is -1.23. The van der Waals surface area contributed by atoms with Crippen LogP contribution in [0.3, 0.4) is 0 Å². The minimum Gasteiger partial charge on any atom is -0.409 e. The molecule has 0 saturated heterocycles. The van der Waals surface area contributed by atoms with E-state index in [0.717, 1.165) is 0 Å². The molecule has 11 heteroatoms. The van der Waals surface area contributed by atoms with Crippen LogP contribution in [0.1, 0.15) is 0 Å². The third kappa shape index (κ3) is 1.45. The van der Waals surface area contributed by atoms with Crippen molar-refractivity contribution >= 4 is 17.6 Å². The van der Waals surface area contributed by atoms with E-state index in [1.165, 1.54) is 0 Å². The summed E-state index contributed by atoms with van der Waals surface area (Å²) in [5.74, 6) is -3.63. The van der Waals surface area contributed by atoms with Gasteiger partial charge in [0.1, 0.15) is 0 Å². The van der Waals surface area contributed by atoms with Gasteiger partial charge in [-0.2, -0.15) is 0 Å². The number of hydrogen-bond donors (Lipinski definition) is 0. The molecule has 14 heavy (non-hydrogen) atoms. The number of nitrogens with zero attached hydrogens (tertiary/aromatic N) is 5. The van der Waals surface area contributed by atoms with Crippen LogP contribution in [0.4, 0.5) is 17.6 Å². The molecular formula is C3N5O6-. The zero-order valence-electron chi connectivity index (χ0n) is 6.19. The van der Waals surface area contributed by atoms with E-state index < -0.39 is 32.4 Å². The molecule has 11 nitrogen and oxygen atoms in total. The Labute approximate surface area is 73.8 Å². The molecule has 0 spiro atoms. The third-order valence-corrected chi connectivity index (χ3v) is 1.12. The first-order valence-electron chi connectivity index (χ1n) is 2.91. The molecule has 0 aromatic carbocycles. The summed E-state index contributed by atoms with van der Waals surface area (Å²) in [5.41, 5.74) is 0. The van der Waals surface area contributed by atoms with Crippen molar-refractivity contribution in [3.63, 3.8) is 0 Å². The average molecular weight is 202 g/mol. The van der Waals surface area contributed by atoms with E-state index in [9.17, 15) is 30.3 Å². The molecule has 1 heterocycles. The van der Waals surface area contributed by atoms with Crippen molar-refractivity contribution in [2.75, 3.05) is 0 Å². The largest absolute Gasteiger partial charge is 0.423 e. The zero-order valence-corrected chi connectivity index (χ0v) is 6.19. The molecule has 0 aliphatic heterocycles. The Kier molecular flexibility index (Phi) is 2.06. The van der Waals surface area contributed by atoms with Crippen LogP contribution in [-0.2, 0) is 0 Å². The van der Waals surface area contributed by atoms with E-state index in [0.29, 0.717) is 0 Å². The fraction of sp³-hybridized carbons (Fsp3) is 0. The minimum absolute atomic E-state index is 1.15. The molecule has 0 unspecified atom stereocenters. The van der Waals surface area contributed by atoms with Crippen LogP contribution in [0.25, 0.3) is 0 Å². The SMILES string of the molecule is O=[N+]([O-])c1nc([N+](=O)[O-])c([N+](=O)[O-])[n-]1. The van der Waals surface area contributed by atoms with Crippen molar-refractivity contribution < 1.29 is 14.8 Å². The van der Waals surface area contributed by atoms with Gasteiger partial charge in [0.2, 0.25) is 0 Å². The molecule has 0 aliphatic rings. The van der Waals surface area contributed by atoms with Gasteiger partial charge in [-0.25, -0.2) is 0 Å². The molecule has 0 atom stereocenters. The average Bonchev–Trinajstić information content (AvgIpc) is 2.47. The normalized spacial score (nSPS) is 9.71. The Bertz CT molecular complexity index is 390. The van der Waals surface area contributed by atoms with Crippen molar-refractivity contribution in [1.29, 1.82) is 0 Å². The van der Waals surface area contributed by atoms with Gasteiger partial charge in [0.15, 0.2) is 0 Å². The van der Waals surface area contributed by atoms with E-state index in [-0.39, 0.29) is 0 Å². The second kappa shape index (κ2) is 3.04. The quantitative estimate of drug-likeness (QED) is 0.479. The number of hydrogen-bond acceptors (Lipinski definition) is 7. The van der Waals surface area contributed by atoms with E-state index in [1.807, 2.05) is 0 Å². The van der Waals surface area contributed by atoms with Crippen LogP contribution in [0, 0.1) is 30.3 Å². The maximum atomic E-state index is 10.1. The first-order chi connectivity index (χ1) is 6.43. The third-order valence-electron chi connectivity index (χ3n) is 1.12. The Morgan fingerprint density at radius 3 is 1.86 bits per heavy atom. The summed E-state index contributed by atoms with van der Waals surface area (Å²) in [4.78, 5) is 32.3. The van der Waals surface area contributed by atoms with Crippen LogP contribution in [-0.4, -0.2) is 19.8 Å². The van der Waals surface area contributed by atoms with Gasteiger partial charge in [-0.3, -0.25) is 0 Å². The van der Waals surface area contributed by atoms with Gasteiger partial charge in [-0.1, -0.05) is 14.8 Å². The number of imidazole rings is 1. The summed E-state index contributed by atoms with van der Waals surface area (Å²) in [6, 6.07) is 0. The van der Waals surface area contributed by atoms with Gasteiger partial charge in [0.05, 0.1) is 0 Å². The van der Waals surface area contributed by atoms with Crippen molar-refractivity contribution in [3.8, 4) is 0 Å². The summed E-state index contributed by atoms with van der Waals surface area (Å²) >= 11 is 0. The van der Waals surface area contributed by atoms with Crippen LogP contribution in [0.5, 0.6) is 0 Å². The van der Waals surface area contributed by atoms with Crippen LogP contribution in [0.2, 0.25) is 0 Å². The van der Waals surface area contributed by atoms with Gasteiger partial charge in [-0.15, -0.1) is 0 Å². The van der Waals surface area contributed by atoms with Crippen LogP contribution < -0.4 is 4.98 Å². The second-order valence-electron chi connectivity index (χ2n) is 1.94. The maximum Gasteiger partial charge on any atom is 0.423 e. The van der Waals surface area contributed by atoms with Gasteiger partial charge in [-0.05, 0) is 9.91 Å². The lowest BCUT2D eigenvalue weighted by Crippen LogP contribution is -1.95. The molecule has 74 valence electrons. The highest BCUT2D eigenvalue weighted by atomic mass is 16.6. The zero-order chi connectivity index (χ0) is 10.9. The summed E-state index contributed by atoms with van der Waals surface area (Å²) < 4.78 is 0. The lowest BCUT2D eigenvalue weighted by atomic mass is 10.7. The Morgan fingerprint density at radius 1 is 1.00 bits per heavy atom. The molecule has 0 saturated carbocycles. The monoisotopic (exact) mass is 202 g/mol. The smallest absolute Gasteiger partial charge is 0.409 e. The Morgan fingerprint density at radius 2 is 1.57 bits per heavy atom. The van der Waals surface area contributed by atoms with Gasteiger partial charge in [0, 0.05) is 0 Å². The molecule has 0 bridgehead atoms. The molecule has 0 N–H and O–H groups in total. The van der Waals surface area contributed by atoms with E-state index in [4.69, 9.17) is 0 Å². The van der Waals surface area contributed by atoms with E-state index in [1.54, 1.807) is 0 Å². The van der Waals surface area contributed by atoms with Gasteiger partial charge >= 0.3 is 17.6 Å². The standard InChI is InChI=1S/C3N5O6/c9-6(10)1-2(7(11)12)5-3(4-1)8(13)14/q-1. The lowest BCUT2D eigenvalue weighted by molar-refractivity contribution is -0.427. The molecular weight excluding hydrogens is 202 g/mol. The Balaban J connectivity index is 3.33. The fourth-order valence-electron chi connectivity index (χ4n) is 0.641. The first kappa shape index (κ1) is 9.50. The predicted molar refractivity (Wildman–Crippen MR) is 37.5 cm³/mol. The van der Waals surface area contributed by atoms with E-state index >= 15 is 0 Å². The molecule has 1 aromatic heterocycles. The molecule has 0 aliphatic carbocycles. The second-order valence-corrected chi connectivity index (χ2v) is 1.94. The summed E-state index contributed by atoms with van der Waals surface area (Å²) in [6.07, 6.45) is 0. The topological polar surface area (TPSA) is 156 Å². The Hall–Kier alpha value is -2.59. The van der Waals surface area contributed by atoms with E-state index in [2.05, 4.69) is 9.97 Å².